The van der Waals surface area contributed by atoms with E-state index in [1.54, 1.807) is 0 Å². The zero-order valence-corrected chi connectivity index (χ0v) is 12.1. The number of rotatable bonds is 4. The van der Waals surface area contributed by atoms with E-state index in [0.717, 1.165) is 25.9 Å². The van der Waals surface area contributed by atoms with Crippen LogP contribution in [0.3, 0.4) is 0 Å². The molecule has 17 heavy (non-hydrogen) atoms. The smallest absolute Gasteiger partial charge is 0.236 e. The van der Waals surface area contributed by atoms with E-state index in [1.807, 2.05) is 18.7 Å². The van der Waals surface area contributed by atoms with Crippen molar-refractivity contribution in [1.29, 1.82) is 0 Å². The van der Waals surface area contributed by atoms with Crippen LogP contribution in [-0.2, 0) is 9.59 Å². The van der Waals surface area contributed by atoms with Gasteiger partial charge in [-0.3, -0.25) is 9.59 Å². The molecule has 98 valence electrons. The third kappa shape index (κ3) is 4.30. The van der Waals surface area contributed by atoms with E-state index in [4.69, 9.17) is 5.73 Å². The molecule has 1 rings (SSSR count). The Morgan fingerprint density at radius 2 is 1.88 bits per heavy atom. The quantitative estimate of drug-likeness (QED) is 0.800. The maximum absolute atomic E-state index is 12.1. The summed E-state index contributed by atoms with van der Waals surface area (Å²) in [6.45, 7) is 5.53. The third-order valence-electron chi connectivity index (χ3n) is 3.24. The van der Waals surface area contributed by atoms with Crippen molar-refractivity contribution in [3.05, 3.63) is 0 Å². The molecule has 0 bridgehead atoms. The van der Waals surface area contributed by atoms with Crippen LogP contribution in [0.15, 0.2) is 0 Å². The Morgan fingerprint density at radius 1 is 1.35 bits per heavy atom. The lowest BCUT2D eigenvalue weighted by atomic mass is 9.93. The normalized spacial score (nSPS) is 19.4. The second-order valence-electron chi connectivity index (χ2n) is 5.08. The number of hydrogen-bond acceptors (Lipinski definition) is 2. The molecule has 0 saturated carbocycles. The fourth-order valence-electron chi connectivity index (χ4n) is 2.10. The first-order valence-corrected chi connectivity index (χ1v) is 7.04. The van der Waals surface area contributed by atoms with E-state index in [1.165, 1.54) is 0 Å². The molecule has 2 N–H and O–H groups in total. The van der Waals surface area contributed by atoms with E-state index in [-0.39, 0.29) is 16.6 Å². The number of primary amides is 1. The number of amides is 2. The molecule has 0 spiro atoms. The lowest BCUT2D eigenvalue weighted by Gasteiger charge is -2.33. The van der Waals surface area contributed by atoms with Gasteiger partial charge in [0.1, 0.15) is 0 Å². The van der Waals surface area contributed by atoms with Gasteiger partial charge >= 0.3 is 0 Å². The average Bonchev–Trinajstić information content (AvgIpc) is 2.27. The van der Waals surface area contributed by atoms with Crippen LogP contribution in [0.2, 0.25) is 0 Å². The lowest BCUT2D eigenvalue weighted by molar-refractivity contribution is -0.132. The Bertz CT molecular complexity index is 286. The number of likely N-dealkylation sites (tertiary alicyclic amines) is 1. The first-order chi connectivity index (χ1) is 7.91. The molecule has 4 nitrogen and oxygen atoms in total. The van der Waals surface area contributed by atoms with Crippen molar-refractivity contribution in [2.75, 3.05) is 13.1 Å². The van der Waals surface area contributed by atoms with Gasteiger partial charge in [0, 0.05) is 19.5 Å². The average molecular weight is 305 g/mol. The maximum atomic E-state index is 12.1. The first-order valence-electron chi connectivity index (χ1n) is 6.13. The zero-order valence-electron chi connectivity index (χ0n) is 10.5. The predicted octanol–water partition coefficient (Wildman–Crippen LogP) is 1.52. The molecule has 0 radical (unpaired) electrons. The molecular weight excluding hydrogens is 284 g/mol. The molecule has 5 heteroatoms. The van der Waals surface area contributed by atoms with Crippen molar-refractivity contribution in [2.24, 2.45) is 17.6 Å². The topological polar surface area (TPSA) is 63.4 Å². The summed E-state index contributed by atoms with van der Waals surface area (Å²) >= 11 is 3.43. The molecule has 1 fully saturated rings. The predicted molar refractivity (Wildman–Crippen MR) is 70.7 cm³/mol. The second kappa shape index (κ2) is 6.38. The number of carbonyl (C=O) groups excluding carboxylic acids is 2. The van der Waals surface area contributed by atoms with Crippen LogP contribution < -0.4 is 5.73 Å². The van der Waals surface area contributed by atoms with Gasteiger partial charge in [0.05, 0.1) is 4.83 Å². The van der Waals surface area contributed by atoms with E-state index in [9.17, 15) is 9.59 Å². The van der Waals surface area contributed by atoms with Gasteiger partial charge in [-0.25, -0.2) is 0 Å². The van der Waals surface area contributed by atoms with Gasteiger partial charge in [0.2, 0.25) is 11.8 Å². The third-order valence-corrected chi connectivity index (χ3v) is 4.69. The Labute approximate surface area is 111 Å². The minimum absolute atomic E-state index is 0.102. The summed E-state index contributed by atoms with van der Waals surface area (Å²) in [6, 6.07) is 0. The van der Waals surface area contributed by atoms with Gasteiger partial charge in [0.15, 0.2) is 0 Å². The molecule has 1 saturated heterocycles. The molecule has 1 unspecified atom stereocenters. The Hall–Kier alpha value is -0.580. The van der Waals surface area contributed by atoms with Crippen LogP contribution in [-0.4, -0.2) is 34.6 Å². The van der Waals surface area contributed by atoms with Gasteiger partial charge in [-0.15, -0.1) is 0 Å². The van der Waals surface area contributed by atoms with Crippen molar-refractivity contribution in [1.82, 2.24) is 4.90 Å². The number of hydrogen-bond donors (Lipinski definition) is 1. The van der Waals surface area contributed by atoms with Crippen molar-refractivity contribution in [3.8, 4) is 0 Å². The van der Waals surface area contributed by atoms with Crippen LogP contribution in [0.5, 0.6) is 0 Å². The zero-order chi connectivity index (χ0) is 13.0. The van der Waals surface area contributed by atoms with E-state index in [2.05, 4.69) is 15.9 Å². The molecule has 0 aromatic heterocycles. The lowest BCUT2D eigenvalue weighted by Crippen LogP contribution is -2.43. The van der Waals surface area contributed by atoms with Crippen molar-refractivity contribution >= 4 is 27.7 Å². The number of nitrogens with two attached hydrogens (primary N) is 1. The highest BCUT2D eigenvalue weighted by Crippen LogP contribution is 2.23. The fraction of sp³-hybridized carbons (Fsp3) is 0.833. The van der Waals surface area contributed by atoms with Gasteiger partial charge in [-0.2, -0.15) is 0 Å². The fourth-order valence-corrected chi connectivity index (χ4v) is 2.39. The number of nitrogens with zero attached hydrogens (tertiary/aromatic N) is 1. The van der Waals surface area contributed by atoms with E-state index in [0.29, 0.717) is 18.3 Å². The largest absolute Gasteiger partial charge is 0.370 e. The molecule has 1 aliphatic rings. The Morgan fingerprint density at radius 3 is 2.29 bits per heavy atom. The van der Waals surface area contributed by atoms with Crippen LogP contribution in [0.4, 0.5) is 0 Å². The molecule has 0 aromatic rings. The highest BCUT2D eigenvalue weighted by molar-refractivity contribution is 9.10. The second-order valence-corrected chi connectivity index (χ2v) is 6.07. The molecular formula is C12H21BrN2O2. The standard InChI is InChI=1S/C12H21BrN2O2/c1-8(2)11(13)12(17)15-5-3-9(4-6-15)7-10(14)16/h8-9,11H,3-7H2,1-2H3,(H2,14,16). The maximum Gasteiger partial charge on any atom is 0.236 e. The highest BCUT2D eigenvalue weighted by atomic mass is 79.9. The van der Waals surface area contributed by atoms with Gasteiger partial charge in [-0.05, 0) is 24.7 Å². The van der Waals surface area contributed by atoms with Crippen LogP contribution in [0.25, 0.3) is 0 Å². The van der Waals surface area contributed by atoms with E-state index >= 15 is 0 Å². The summed E-state index contributed by atoms with van der Waals surface area (Å²) in [5.41, 5.74) is 5.18. The number of piperidine rings is 1. The molecule has 1 aliphatic heterocycles. The molecule has 1 heterocycles. The summed E-state index contributed by atoms with van der Waals surface area (Å²) in [4.78, 5) is 24.7. The van der Waals surface area contributed by atoms with Crippen LogP contribution in [0.1, 0.15) is 33.1 Å². The number of halogens is 1. The number of carbonyl (C=O) groups is 2. The number of alkyl halides is 1. The van der Waals surface area contributed by atoms with Crippen LogP contribution >= 0.6 is 15.9 Å². The molecule has 1 atom stereocenters. The Balaban J connectivity index is 2.41. The minimum Gasteiger partial charge on any atom is -0.370 e. The monoisotopic (exact) mass is 304 g/mol. The van der Waals surface area contributed by atoms with Crippen molar-refractivity contribution in [2.45, 2.75) is 37.9 Å². The van der Waals surface area contributed by atoms with Gasteiger partial charge in [-0.1, -0.05) is 29.8 Å². The summed E-state index contributed by atoms with van der Waals surface area (Å²) in [5, 5.41) is 0. The summed E-state index contributed by atoms with van der Waals surface area (Å²) in [7, 11) is 0. The molecule has 0 aliphatic carbocycles. The summed E-state index contributed by atoms with van der Waals surface area (Å²) in [5.74, 6) is 0.572. The summed E-state index contributed by atoms with van der Waals surface area (Å²) < 4.78 is 0. The van der Waals surface area contributed by atoms with Crippen molar-refractivity contribution in [3.63, 3.8) is 0 Å². The summed E-state index contributed by atoms with van der Waals surface area (Å²) in [6.07, 6.45) is 2.21. The first kappa shape index (κ1) is 14.5. The SMILES string of the molecule is CC(C)C(Br)C(=O)N1CCC(CC(N)=O)CC1. The highest BCUT2D eigenvalue weighted by Gasteiger charge is 2.28. The van der Waals surface area contributed by atoms with Crippen LogP contribution in [0, 0.1) is 11.8 Å². The van der Waals surface area contributed by atoms with E-state index < -0.39 is 0 Å². The molecule has 2 amide bonds. The minimum atomic E-state index is -0.240. The van der Waals surface area contributed by atoms with Gasteiger partial charge < -0.3 is 10.6 Å². The van der Waals surface area contributed by atoms with Gasteiger partial charge in [0.25, 0.3) is 0 Å². The molecule has 0 aromatic carbocycles. The Kier molecular flexibility index (Phi) is 5.43. The van der Waals surface area contributed by atoms with Crippen molar-refractivity contribution < 1.29 is 9.59 Å².